The second-order valence-electron chi connectivity index (χ2n) is 7.17. The molecular weight excluding hydrogens is 415 g/mol. The summed E-state index contributed by atoms with van der Waals surface area (Å²) in [7, 11) is 0. The maximum Gasteiger partial charge on any atom is 0.335 e. The van der Waals surface area contributed by atoms with Crippen LogP contribution in [-0.2, 0) is 6.54 Å². The van der Waals surface area contributed by atoms with Crippen molar-refractivity contribution in [2.24, 2.45) is 0 Å². The number of amides is 2. The zero-order chi connectivity index (χ0) is 23.3. The summed E-state index contributed by atoms with van der Waals surface area (Å²) in [6, 6.07) is 11.4. The Labute approximate surface area is 183 Å². The van der Waals surface area contributed by atoms with Crippen LogP contribution >= 0.6 is 0 Å². The highest BCUT2D eigenvalue weighted by Gasteiger charge is 2.17. The monoisotopic (exact) mass is 436 g/mol. The largest absolute Gasteiger partial charge is 0.478 e. The molecule has 32 heavy (non-hydrogen) atoms. The first-order chi connectivity index (χ1) is 15.2. The van der Waals surface area contributed by atoms with Crippen molar-refractivity contribution < 1.29 is 23.9 Å². The first-order valence-corrected chi connectivity index (χ1v) is 9.74. The summed E-state index contributed by atoms with van der Waals surface area (Å²) in [5.74, 6) is -2.39. The lowest BCUT2D eigenvalue weighted by Gasteiger charge is -2.15. The van der Waals surface area contributed by atoms with Gasteiger partial charge < -0.3 is 15.7 Å². The highest BCUT2D eigenvalue weighted by molar-refractivity contribution is 5.97. The fourth-order valence-electron chi connectivity index (χ4n) is 3.03. The van der Waals surface area contributed by atoms with E-state index in [9.17, 15) is 18.8 Å². The van der Waals surface area contributed by atoms with Gasteiger partial charge in [0, 0.05) is 12.6 Å². The van der Waals surface area contributed by atoms with E-state index >= 15 is 0 Å². The second kappa shape index (κ2) is 9.78. The molecule has 2 amide bonds. The zero-order valence-electron chi connectivity index (χ0n) is 17.4. The van der Waals surface area contributed by atoms with E-state index in [4.69, 9.17) is 5.11 Å². The molecule has 1 atom stereocenters. The van der Waals surface area contributed by atoms with Gasteiger partial charge in [-0.3, -0.25) is 9.59 Å². The molecule has 0 saturated carbocycles. The standard InChI is InChI=1S/C23H21FN4O4/c1-13-9-16(5-8-18(13)23(31)32)14(2)28-22(30)20-10-19(26-12-27-20)21(29)25-11-15-3-6-17(24)7-4-15/h3-10,12,14H,11H2,1-2H3,(H,25,29)(H,28,30)(H,31,32)/t14-/m0/s1. The molecule has 3 N–H and O–H groups in total. The number of aryl methyl sites for hydroxylation is 1. The van der Waals surface area contributed by atoms with Crippen molar-refractivity contribution in [3.63, 3.8) is 0 Å². The number of nitrogens with zero attached hydrogens (tertiary/aromatic N) is 2. The summed E-state index contributed by atoms with van der Waals surface area (Å²) < 4.78 is 13.0. The topological polar surface area (TPSA) is 121 Å². The Hall–Kier alpha value is -4.14. The normalized spacial score (nSPS) is 11.5. The molecule has 0 spiro atoms. The maximum absolute atomic E-state index is 13.0. The summed E-state index contributed by atoms with van der Waals surface area (Å²) in [6.45, 7) is 3.61. The number of carbonyl (C=O) groups excluding carboxylic acids is 2. The third kappa shape index (κ3) is 5.51. The van der Waals surface area contributed by atoms with Crippen LogP contribution in [0.1, 0.15) is 61.0 Å². The Bertz CT molecular complexity index is 1160. The van der Waals surface area contributed by atoms with Crippen LogP contribution in [-0.4, -0.2) is 32.9 Å². The van der Waals surface area contributed by atoms with Gasteiger partial charge in [0.1, 0.15) is 23.5 Å². The molecule has 2 aromatic carbocycles. The summed E-state index contributed by atoms with van der Waals surface area (Å²) >= 11 is 0. The predicted octanol–water partition coefficient (Wildman–Crippen LogP) is 3.04. The minimum absolute atomic E-state index is 0.0117. The third-order valence-corrected chi connectivity index (χ3v) is 4.83. The van der Waals surface area contributed by atoms with Crippen LogP contribution in [0.25, 0.3) is 0 Å². The van der Waals surface area contributed by atoms with E-state index in [1.165, 1.54) is 24.3 Å². The van der Waals surface area contributed by atoms with Gasteiger partial charge in [-0.15, -0.1) is 0 Å². The Morgan fingerprint density at radius 2 is 1.66 bits per heavy atom. The average molecular weight is 436 g/mol. The van der Waals surface area contributed by atoms with Crippen molar-refractivity contribution in [1.82, 2.24) is 20.6 Å². The number of carboxylic acids is 1. The van der Waals surface area contributed by atoms with Gasteiger partial charge in [-0.05, 0) is 48.7 Å². The van der Waals surface area contributed by atoms with Crippen LogP contribution in [0.4, 0.5) is 4.39 Å². The molecule has 0 aliphatic carbocycles. The van der Waals surface area contributed by atoms with E-state index < -0.39 is 23.8 Å². The molecule has 0 bridgehead atoms. The van der Waals surface area contributed by atoms with E-state index in [1.807, 2.05) is 0 Å². The lowest BCUT2D eigenvalue weighted by atomic mass is 10.0. The van der Waals surface area contributed by atoms with Crippen molar-refractivity contribution >= 4 is 17.8 Å². The van der Waals surface area contributed by atoms with Gasteiger partial charge in [-0.1, -0.05) is 24.3 Å². The molecule has 0 fully saturated rings. The number of benzene rings is 2. The highest BCUT2D eigenvalue weighted by Crippen LogP contribution is 2.18. The molecule has 0 unspecified atom stereocenters. The van der Waals surface area contributed by atoms with Gasteiger partial charge in [-0.2, -0.15) is 0 Å². The van der Waals surface area contributed by atoms with E-state index in [1.54, 1.807) is 38.1 Å². The van der Waals surface area contributed by atoms with Crippen molar-refractivity contribution in [1.29, 1.82) is 0 Å². The number of aromatic carboxylic acids is 1. The average Bonchev–Trinajstić information content (AvgIpc) is 2.78. The second-order valence-corrected chi connectivity index (χ2v) is 7.17. The molecule has 1 heterocycles. The number of hydrogen-bond donors (Lipinski definition) is 3. The van der Waals surface area contributed by atoms with Crippen molar-refractivity contribution in [2.75, 3.05) is 0 Å². The number of hydrogen-bond acceptors (Lipinski definition) is 5. The minimum Gasteiger partial charge on any atom is -0.478 e. The fourth-order valence-corrected chi connectivity index (χ4v) is 3.03. The van der Waals surface area contributed by atoms with Gasteiger partial charge >= 0.3 is 5.97 Å². The number of nitrogens with one attached hydrogen (secondary N) is 2. The molecule has 3 rings (SSSR count). The smallest absolute Gasteiger partial charge is 0.335 e. The predicted molar refractivity (Wildman–Crippen MR) is 114 cm³/mol. The Morgan fingerprint density at radius 1 is 1.00 bits per heavy atom. The minimum atomic E-state index is -1.02. The summed E-state index contributed by atoms with van der Waals surface area (Å²) in [5.41, 5.74) is 2.24. The van der Waals surface area contributed by atoms with Crippen LogP contribution in [0.2, 0.25) is 0 Å². The van der Waals surface area contributed by atoms with Crippen LogP contribution in [0.5, 0.6) is 0 Å². The van der Waals surface area contributed by atoms with Crippen LogP contribution in [0, 0.1) is 12.7 Å². The van der Waals surface area contributed by atoms with Crippen molar-refractivity contribution in [2.45, 2.75) is 26.4 Å². The number of carboxylic acid groups (broad SMARTS) is 1. The number of halogens is 1. The SMILES string of the molecule is Cc1cc([C@H](C)NC(=O)c2cc(C(=O)NCc3ccc(F)cc3)ncn2)ccc1C(=O)O. The lowest BCUT2D eigenvalue weighted by Crippen LogP contribution is -2.29. The summed E-state index contributed by atoms with van der Waals surface area (Å²) in [6.07, 6.45) is 1.12. The molecule has 0 aliphatic rings. The third-order valence-electron chi connectivity index (χ3n) is 4.83. The quantitative estimate of drug-likeness (QED) is 0.523. The van der Waals surface area contributed by atoms with E-state index in [0.29, 0.717) is 11.1 Å². The van der Waals surface area contributed by atoms with E-state index in [-0.39, 0.29) is 29.3 Å². The van der Waals surface area contributed by atoms with Gasteiger partial charge in [-0.25, -0.2) is 19.2 Å². The molecule has 3 aromatic rings. The fraction of sp³-hybridized carbons (Fsp3) is 0.174. The molecule has 0 radical (unpaired) electrons. The molecule has 8 nitrogen and oxygen atoms in total. The number of aromatic nitrogens is 2. The van der Waals surface area contributed by atoms with Crippen molar-refractivity contribution in [3.05, 3.63) is 94.3 Å². The summed E-state index contributed by atoms with van der Waals surface area (Å²) in [4.78, 5) is 44.0. The van der Waals surface area contributed by atoms with Crippen LogP contribution in [0.15, 0.2) is 54.9 Å². The van der Waals surface area contributed by atoms with Gasteiger partial charge in [0.05, 0.1) is 11.6 Å². The molecule has 0 saturated heterocycles. The zero-order valence-corrected chi connectivity index (χ0v) is 17.4. The van der Waals surface area contributed by atoms with Crippen molar-refractivity contribution in [3.8, 4) is 0 Å². The van der Waals surface area contributed by atoms with E-state index in [0.717, 1.165) is 11.9 Å². The molecule has 164 valence electrons. The van der Waals surface area contributed by atoms with Gasteiger partial charge in [0.25, 0.3) is 11.8 Å². The summed E-state index contributed by atoms with van der Waals surface area (Å²) in [5, 5.41) is 14.6. The molecule has 1 aromatic heterocycles. The molecule has 9 heteroatoms. The Morgan fingerprint density at radius 3 is 2.28 bits per heavy atom. The molecular formula is C23H21FN4O4. The van der Waals surface area contributed by atoms with Crippen LogP contribution in [0.3, 0.4) is 0 Å². The number of carbonyl (C=O) groups is 3. The van der Waals surface area contributed by atoms with Gasteiger partial charge in [0.2, 0.25) is 0 Å². The first kappa shape index (κ1) is 22.5. The van der Waals surface area contributed by atoms with Gasteiger partial charge in [0.15, 0.2) is 0 Å². The molecule has 0 aliphatic heterocycles. The van der Waals surface area contributed by atoms with Crippen LogP contribution < -0.4 is 10.6 Å². The lowest BCUT2D eigenvalue weighted by molar-refractivity contribution is 0.0695. The maximum atomic E-state index is 13.0. The first-order valence-electron chi connectivity index (χ1n) is 9.74. The highest BCUT2D eigenvalue weighted by atomic mass is 19.1. The Kier molecular flexibility index (Phi) is 6.89. The number of rotatable bonds is 7. The van der Waals surface area contributed by atoms with E-state index in [2.05, 4.69) is 20.6 Å². The Balaban J connectivity index is 1.65.